The summed E-state index contributed by atoms with van der Waals surface area (Å²) in [6, 6.07) is 16.5. The van der Waals surface area contributed by atoms with Gasteiger partial charge in [0, 0.05) is 24.3 Å². The molecule has 4 rings (SSSR count). The lowest BCUT2D eigenvalue weighted by Crippen LogP contribution is -2.37. The number of fused-ring (bicyclic) bond motifs is 1. The normalized spacial score (nSPS) is 18.8. The van der Waals surface area contributed by atoms with E-state index in [9.17, 15) is 9.59 Å². The third-order valence-electron chi connectivity index (χ3n) is 4.99. The first-order chi connectivity index (χ1) is 14.2. The first-order valence-corrected chi connectivity index (χ1v) is 9.78. The van der Waals surface area contributed by atoms with E-state index in [2.05, 4.69) is 5.32 Å². The van der Waals surface area contributed by atoms with Crippen molar-refractivity contribution in [1.29, 1.82) is 0 Å². The second-order valence-electron chi connectivity index (χ2n) is 7.07. The van der Waals surface area contributed by atoms with Crippen molar-refractivity contribution in [3.63, 3.8) is 0 Å². The van der Waals surface area contributed by atoms with Crippen LogP contribution in [0.25, 0.3) is 6.08 Å². The van der Waals surface area contributed by atoms with Crippen LogP contribution in [0.15, 0.2) is 60.2 Å². The van der Waals surface area contributed by atoms with Gasteiger partial charge in [0.15, 0.2) is 0 Å². The minimum Gasteiger partial charge on any atom is -0.488 e. The van der Waals surface area contributed by atoms with Crippen LogP contribution in [0.1, 0.15) is 30.1 Å². The van der Waals surface area contributed by atoms with Crippen LogP contribution in [-0.4, -0.2) is 37.7 Å². The van der Waals surface area contributed by atoms with Crippen molar-refractivity contribution in [2.24, 2.45) is 0 Å². The highest BCUT2D eigenvalue weighted by atomic mass is 16.6. The number of benzene rings is 2. The molecule has 0 saturated carbocycles. The van der Waals surface area contributed by atoms with Crippen molar-refractivity contribution >= 4 is 18.0 Å². The van der Waals surface area contributed by atoms with E-state index in [1.807, 2.05) is 42.5 Å². The first kappa shape index (κ1) is 19.2. The summed E-state index contributed by atoms with van der Waals surface area (Å²) >= 11 is 0. The molecule has 29 heavy (non-hydrogen) atoms. The van der Waals surface area contributed by atoms with E-state index < -0.39 is 12.1 Å². The molecule has 0 spiro atoms. The molecule has 2 unspecified atom stereocenters. The fourth-order valence-corrected chi connectivity index (χ4v) is 3.43. The molecular formula is C23H23NO5. The number of hydrogen-bond donors (Lipinski definition) is 1. The highest BCUT2D eigenvalue weighted by Gasteiger charge is 2.28. The van der Waals surface area contributed by atoms with Gasteiger partial charge in [-0.15, -0.1) is 0 Å². The van der Waals surface area contributed by atoms with Crippen LogP contribution in [0, 0.1) is 0 Å². The summed E-state index contributed by atoms with van der Waals surface area (Å²) in [5.41, 5.74) is 1.80. The molecule has 2 aliphatic heterocycles. The molecule has 2 heterocycles. The van der Waals surface area contributed by atoms with E-state index in [4.69, 9.17) is 14.2 Å². The fourth-order valence-electron chi connectivity index (χ4n) is 3.43. The van der Waals surface area contributed by atoms with Gasteiger partial charge < -0.3 is 19.5 Å². The Bertz CT molecular complexity index is 902. The van der Waals surface area contributed by atoms with Crippen LogP contribution in [0.4, 0.5) is 0 Å². The minimum absolute atomic E-state index is 0.0111. The van der Waals surface area contributed by atoms with Gasteiger partial charge in [0.05, 0.1) is 11.7 Å². The van der Waals surface area contributed by atoms with Crippen LogP contribution >= 0.6 is 0 Å². The maximum atomic E-state index is 12.8. The van der Waals surface area contributed by atoms with Crippen molar-refractivity contribution in [3.8, 4) is 5.75 Å². The first-order valence-electron chi connectivity index (χ1n) is 9.78. The fraction of sp³-hybridized carbons (Fsp3) is 0.304. The number of carbonyl (C=O) groups excluding carboxylic acids is 2. The average molecular weight is 393 g/mol. The van der Waals surface area contributed by atoms with E-state index in [1.165, 1.54) is 0 Å². The number of hydrogen-bond acceptors (Lipinski definition) is 5. The number of esters is 1. The van der Waals surface area contributed by atoms with Gasteiger partial charge in [-0.05, 0) is 25.0 Å². The summed E-state index contributed by atoms with van der Waals surface area (Å²) in [6.45, 7) is 1.22. The summed E-state index contributed by atoms with van der Waals surface area (Å²) in [5, 5.41) is 2.86. The van der Waals surface area contributed by atoms with Gasteiger partial charge in [0.1, 0.15) is 12.4 Å². The van der Waals surface area contributed by atoms with Crippen LogP contribution < -0.4 is 10.1 Å². The summed E-state index contributed by atoms with van der Waals surface area (Å²) in [5.74, 6) is -0.212. The second kappa shape index (κ2) is 8.92. The molecule has 0 bridgehead atoms. The predicted octanol–water partition coefficient (Wildman–Crippen LogP) is 3.04. The average Bonchev–Trinajstić information content (AvgIpc) is 3.29. The Morgan fingerprint density at radius 2 is 1.90 bits per heavy atom. The molecule has 0 aliphatic carbocycles. The third kappa shape index (κ3) is 4.66. The van der Waals surface area contributed by atoms with Gasteiger partial charge in [-0.3, -0.25) is 4.79 Å². The predicted molar refractivity (Wildman–Crippen MR) is 107 cm³/mol. The molecule has 2 aromatic carbocycles. The van der Waals surface area contributed by atoms with Crippen LogP contribution in [-0.2, 0) is 19.1 Å². The van der Waals surface area contributed by atoms with Gasteiger partial charge in [0.2, 0.25) is 6.10 Å². The SMILES string of the molecule is O=C(OC(C(=O)NCC1CCCO1)c1ccccc1)C1=Cc2ccccc2OC1. The number of nitrogens with one attached hydrogen (secondary N) is 1. The molecule has 6 nitrogen and oxygen atoms in total. The lowest BCUT2D eigenvalue weighted by molar-refractivity contribution is -0.153. The van der Waals surface area contributed by atoms with E-state index in [0.29, 0.717) is 24.3 Å². The maximum Gasteiger partial charge on any atom is 0.338 e. The third-order valence-corrected chi connectivity index (χ3v) is 4.99. The smallest absolute Gasteiger partial charge is 0.338 e. The molecule has 1 N–H and O–H groups in total. The topological polar surface area (TPSA) is 73.9 Å². The van der Waals surface area contributed by atoms with Gasteiger partial charge >= 0.3 is 5.97 Å². The highest BCUT2D eigenvalue weighted by molar-refractivity contribution is 5.97. The van der Waals surface area contributed by atoms with Crippen molar-refractivity contribution in [2.75, 3.05) is 19.8 Å². The van der Waals surface area contributed by atoms with E-state index in [-0.39, 0.29) is 18.6 Å². The molecule has 1 fully saturated rings. The molecule has 2 aromatic rings. The number of para-hydroxylation sites is 1. The zero-order valence-corrected chi connectivity index (χ0v) is 16.0. The molecule has 0 aromatic heterocycles. The monoisotopic (exact) mass is 393 g/mol. The molecule has 6 heteroatoms. The van der Waals surface area contributed by atoms with Crippen molar-refractivity contribution in [1.82, 2.24) is 5.32 Å². The summed E-state index contributed by atoms with van der Waals surface area (Å²) in [7, 11) is 0. The van der Waals surface area contributed by atoms with Gasteiger partial charge in [-0.1, -0.05) is 48.5 Å². The Labute approximate surface area is 169 Å². The largest absolute Gasteiger partial charge is 0.488 e. The minimum atomic E-state index is -1.04. The van der Waals surface area contributed by atoms with Crippen LogP contribution in [0.2, 0.25) is 0 Å². The molecule has 0 radical (unpaired) electrons. The summed E-state index contributed by atoms with van der Waals surface area (Å²) < 4.78 is 16.8. The van der Waals surface area contributed by atoms with Crippen LogP contribution in [0.5, 0.6) is 5.75 Å². The van der Waals surface area contributed by atoms with Gasteiger partial charge in [-0.2, -0.15) is 0 Å². The van der Waals surface area contributed by atoms with E-state index >= 15 is 0 Å². The quantitative estimate of drug-likeness (QED) is 0.764. The Morgan fingerprint density at radius 3 is 2.69 bits per heavy atom. The second-order valence-corrected chi connectivity index (χ2v) is 7.07. The molecule has 2 atom stereocenters. The molecule has 150 valence electrons. The standard InChI is InChI=1S/C23H23NO5/c25-22(24-14-19-10-6-12-27-19)21(16-7-2-1-3-8-16)29-23(26)18-13-17-9-4-5-11-20(17)28-15-18/h1-5,7-9,11,13,19,21H,6,10,12,14-15H2,(H,24,25). The molecular weight excluding hydrogens is 370 g/mol. The Kier molecular flexibility index (Phi) is 5.91. The lowest BCUT2D eigenvalue weighted by Gasteiger charge is -2.21. The number of amides is 1. The van der Waals surface area contributed by atoms with Crippen molar-refractivity contribution in [2.45, 2.75) is 25.0 Å². The summed E-state index contributed by atoms with van der Waals surface area (Å²) in [6.07, 6.45) is 2.63. The lowest BCUT2D eigenvalue weighted by atomic mass is 10.1. The van der Waals surface area contributed by atoms with Gasteiger partial charge in [-0.25, -0.2) is 4.79 Å². The van der Waals surface area contributed by atoms with Gasteiger partial charge in [0.25, 0.3) is 5.91 Å². The molecule has 1 amide bonds. The number of ether oxygens (including phenoxy) is 3. The van der Waals surface area contributed by atoms with Crippen molar-refractivity contribution < 1.29 is 23.8 Å². The van der Waals surface area contributed by atoms with E-state index in [1.54, 1.807) is 18.2 Å². The zero-order chi connectivity index (χ0) is 20.1. The maximum absolute atomic E-state index is 12.8. The Hall–Kier alpha value is -3.12. The Morgan fingerprint density at radius 1 is 1.10 bits per heavy atom. The Balaban J connectivity index is 1.48. The van der Waals surface area contributed by atoms with E-state index in [0.717, 1.165) is 24.2 Å². The molecule has 1 saturated heterocycles. The zero-order valence-electron chi connectivity index (χ0n) is 16.0. The summed E-state index contributed by atoms with van der Waals surface area (Å²) in [4.78, 5) is 25.6. The highest BCUT2D eigenvalue weighted by Crippen LogP contribution is 2.27. The number of carbonyl (C=O) groups is 2. The number of rotatable bonds is 6. The van der Waals surface area contributed by atoms with Crippen molar-refractivity contribution in [3.05, 3.63) is 71.3 Å². The molecule has 2 aliphatic rings. The van der Waals surface area contributed by atoms with Crippen LogP contribution in [0.3, 0.4) is 0 Å².